The molecule has 0 unspecified atom stereocenters. The van der Waals surface area contributed by atoms with E-state index < -0.39 is 30.2 Å². The molecule has 0 N–H and O–H groups in total. The van der Waals surface area contributed by atoms with Crippen molar-refractivity contribution in [1.82, 2.24) is 0 Å². The molecule has 0 bridgehead atoms. The maximum atomic E-state index is 12.6. The van der Waals surface area contributed by atoms with E-state index in [9.17, 15) is 24.6 Å². The molecule has 1 rings (SSSR count). The van der Waals surface area contributed by atoms with Gasteiger partial charge in [0.1, 0.15) is 0 Å². The summed E-state index contributed by atoms with van der Waals surface area (Å²) in [6, 6.07) is 4.59. The minimum absolute atomic E-state index is 0.629. The van der Waals surface area contributed by atoms with E-state index >= 15 is 0 Å². The zero-order chi connectivity index (χ0) is 12.6. The van der Waals surface area contributed by atoms with Crippen molar-refractivity contribution in [1.29, 1.82) is 0 Å². The summed E-state index contributed by atoms with van der Waals surface area (Å²) < 4.78 is 66.3. The summed E-state index contributed by atoms with van der Waals surface area (Å²) in [5.74, 6) is 0. The number of rotatable bonds is 3. The first kappa shape index (κ1) is 12.8. The second-order valence-electron chi connectivity index (χ2n) is 2.92. The molecule has 9 heteroatoms. The van der Waals surface area contributed by atoms with Gasteiger partial charge in [0.25, 0.3) is 0 Å². The van der Waals surface area contributed by atoms with Crippen LogP contribution in [0.4, 0.5) is 13.5 Å². The first-order valence-corrected chi connectivity index (χ1v) is 6.57. The monoisotopic (exact) mass is 271 g/mol. The number of aryl methyl sites for hydroxylation is 1. The van der Waals surface area contributed by atoms with Crippen molar-refractivity contribution in [3.8, 4) is 0 Å². The minimum atomic E-state index is -5.72. The van der Waals surface area contributed by atoms with Crippen LogP contribution >= 0.6 is 0 Å². The molecule has 16 heavy (non-hydrogen) atoms. The second-order valence-corrected chi connectivity index (χ2v) is 5.53. The molecule has 0 atom stereocenters. The van der Waals surface area contributed by atoms with Crippen molar-refractivity contribution in [2.24, 2.45) is 0 Å². The molecule has 0 saturated heterocycles. The lowest BCUT2D eigenvalue weighted by molar-refractivity contribution is 0.536. The van der Waals surface area contributed by atoms with Gasteiger partial charge in [-0.1, -0.05) is 25.5 Å². The van der Waals surface area contributed by atoms with Gasteiger partial charge >= 0.3 is 20.8 Å². The fourth-order valence-corrected chi connectivity index (χ4v) is 2.62. The SMILES string of the molecule is Cc1ccc(N(S(=O)(=O)F)S(=O)(=O)F)cc1. The first-order valence-electron chi connectivity index (χ1n) is 3.89. The lowest BCUT2D eigenvalue weighted by Crippen LogP contribution is -2.31. The standard InChI is InChI=1S/C7H7F2NO4S2/c1-6-2-4-7(5-3-6)10(15(8,11)12)16(9,13)14/h2-5H,1H3. The molecule has 0 aromatic heterocycles. The van der Waals surface area contributed by atoms with Crippen LogP contribution in [0.25, 0.3) is 0 Å². The number of nitrogens with zero attached hydrogens (tertiary/aromatic N) is 1. The molecule has 90 valence electrons. The summed E-state index contributed by atoms with van der Waals surface area (Å²) in [5.41, 5.74) is 0.0480. The Balaban J connectivity index is 3.41. The average Bonchev–Trinajstić information content (AvgIpc) is 2.03. The van der Waals surface area contributed by atoms with Gasteiger partial charge in [0.05, 0.1) is 5.69 Å². The van der Waals surface area contributed by atoms with Crippen molar-refractivity contribution in [3.05, 3.63) is 29.8 Å². The maximum absolute atomic E-state index is 12.6. The molecule has 0 heterocycles. The Hall–Kier alpha value is -1.22. The van der Waals surface area contributed by atoms with Gasteiger partial charge in [-0.3, -0.25) is 0 Å². The summed E-state index contributed by atoms with van der Waals surface area (Å²) >= 11 is 0. The van der Waals surface area contributed by atoms with Gasteiger partial charge in [-0.25, -0.2) is 0 Å². The molecule has 0 aliphatic heterocycles. The number of hydrogen-bond acceptors (Lipinski definition) is 4. The van der Waals surface area contributed by atoms with E-state index in [-0.39, 0.29) is 0 Å². The minimum Gasteiger partial charge on any atom is -0.170 e. The smallest absolute Gasteiger partial charge is 0.170 e. The Kier molecular flexibility index (Phi) is 3.20. The van der Waals surface area contributed by atoms with Crippen molar-refractivity contribution in [2.75, 3.05) is 3.71 Å². The van der Waals surface area contributed by atoms with Gasteiger partial charge < -0.3 is 0 Å². The molecule has 0 amide bonds. The van der Waals surface area contributed by atoms with E-state index in [1.54, 1.807) is 6.92 Å². The van der Waals surface area contributed by atoms with E-state index in [2.05, 4.69) is 0 Å². The lowest BCUT2D eigenvalue weighted by atomic mass is 10.2. The molecule has 0 fully saturated rings. The molecule has 5 nitrogen and oxygen atoms in total. The van der Waals surface area contributed by atoms with Gasteiger partial charge in [-0.2, -0.15) is 16.8 Å². The maximum Gasteiger partial charge on any atom is 0.414 e. The van der Waals surface area contributed by atoms with Gasteiger partial charge in [0.2, 0.25) is 0 Å². The van der Waals surface area contributed by atoms with Crippen molar-refractivity contribution in [2.45, 2.75) is 6.92 Å². The van der Waals surface area contributed by atoms with Gasteiger partial charge in [0, 0.05) is 0 Å². The van der Waals surface area contributed by atoms with Crippen LogP contribution in [-0.2, 0) is 20.8 Å². The third kappa shape index (κ3) is 2.89. The van der Waals surface area contributed by atoms with Gasteiger partial charge in [-0.15, -0.1) is 3.71 Å². The van der Waals surface area contributed by atoms with Crippen LogP contribution in [0.5, 0.6) is 0 Å². The Morgan fingerprint density at radius 1 is 0.938 bits per heavy atom. The van der Waals surface area contributed by atoms with Crippen molar-refractivity contribution in [3.63, 3.8) is 0 Å². The van der Waals surface area contributed by atoms with Crippen LogP contribution in [0.3, 0.4) is 0 Å². The molecule has 0 radical (unpaired) electrons. The third-order valence-electron chi connectivity index (χ3n) is 1.64. The molecule has 0 spiro atoms. The van der Waals surface area contributed by atoms with Crippen LogP contribution < -0.4 is 3.71 Å². The molecule has 1 aromatic rings. The number of anilines is 1. The zero-order valence-corrected chi connectivity index (χ0v) is 9.60. The Labute approximate surface area is 92.0 Å². The fourth-order valence-electron chi connectivity index (χ4n) is 1.02. The highest BCUT2D eigenvalue weighted by Gasteiger charge is 2.34. The quantitative estimate of drug-likeness (QED) is 0.775. The number of hydrogen-bond donors (Lipinski definition) is 0. The summed E-state index contributed by atoms with van der Waals surface area (Å²) in [7, 11) is -11.4. The molecule has 0 saturated carbocycles. The van der Waals surface area contributed by atoms with Crippen molar-refractivity contribution < 1.29 is 24.6 Å². The van der Waals surface area contributed by atoms with Crippen LogP contribution in [-0.4, -0.2) is 16.8 Å². The van der Waals surface area contributed by atoms with E-state index in [1.807, 2.05) is 0 Å². The summed E-state index contributed by atoms with van der Waals surface area (Å²) in [5, 5.41) is 0. The predicted molar refractivity (Wildman–Crippen MR) is 53.7 cm³/mol. The molecule has 1 aromatic carbocycles. The second kappa shape index (κ2) is 3.98. The van der Waals surface area contributed by atoms with E-state index in [0.717, 1.165) is 12.1 Å². The molecule has 0 aliphatic rings. The van der Waals surface area contributed by atoms with Crippen LogP contribution in [0.1, 0.15) is 5.56 Å². The molecular weight excluding hydrogens is 264 g/mol. The third-order valence-corrected chi connectivity index (χ3v) is 3.92. The summed E-state index contributed by atoms with van der Waals surface area (Å²) in [6.45, 7) is 1.64. The van der Waals surface area contributed by atoms with Crippen LogP contribution in [0, 0.1) is 6.92 Å². The highest BCUT2D eigenvalue weighted by Crippen LogP contribution is 2.24. The van der Waals surface area contributed by atoms with Crippen molar-refractivity contribution >= 4 is 26.5 Å². The molecule has 0 aliphatic carbocycles. The van der Waals surface area contributed by atoms with E-state index in [1.165, 1.54) is 12.1 Å². The topological polar surface area (TPSA) is 71.5 Å². The van der Waals surface area contributed by atoms with E-state index in [0.29, 0.717) is 5.56 Å². The van der Waals surface area contributed by atoms with E-state index in [4.69, 9.17) is 0 Å². The number of benzene rings is 1. The largest absolute Gasteiger partial charge is 0.414 e. The number of halogens is 2. The fraction of sp³-hybridized carbons (Fsp3) is 0.143. The van der Waals surface area contributed by atoms with Crippen LogP contribution in [0.2, 0.25) is 0 Å². The Morgan fingerprint density at radius 2 is 1.31 bits per heavy atom. The highest BCUT2D eigenvalue weighted by atomic mass is 32.3. The highest BCUT2D eigenvalue weighted by molar-refractivity contribution is 8.05. The average molecular weight is 271 g/mol. The Morgan fingerprint density at radius 3 is 1.62 bits per heavy atom. The molecular formula is C7H7F2NO4S2. The summed E-state index contributed by atoms with van der Waals surface area (Å²) in [4.78, 5) is 0. The van der Waals surface area contributed by atoms with Gasteiger partial charge in [0.15, 0.2) is 0 Å². The lowest BCUT2D eigenvalue weighted by Gasteiger charge is -2.13. The Bertz CT molecular complexity index is 547. The van der Waals surface area contributed by atoms with Gasteiger partial charge in [-0.05, 0) is 19.1 Å². The zero-order valence-electron chi connectivity index (χ0n) is 7.96. The van der Waals surface area contributed by atoms with Crippen LogP contribution in [0.15, 0.2) is 24.3 Å². The summed E-state index contributed by atoms with van der Waals surface area (Å²) in [6.07, 6.45) is 0. The predicted octanol–water partition coefficient (Wildman–Crippen LogP) is 1.23. The first-order chi connectivity index (χ1) is 7.12. The normalized spacial score (nSPS) is 12.4.